The summed E-state index contributed by atoms with van der Waals surface area (Å²) in [6, 6.07) is 3.51. The van der Waals surface area contributed by atoms with E-state index >= 15 is 4.39 Å². The highest BCUT2D eigenvalue weighted by atomic mass is 19.1. The molecule has 4 aromatic rings. The van der Waals surface area contributed by atoms with E-state index in [2.05, 4.69) is 24.8 Å². The third-order valence-corrected chi connectivity index (χ3v) is 6.59. The van der Waals surface area contributed by atoms with E-state index in [1.54, 1.807) is 29.8 Å². The first kappa shape index (κ1) is 19.5. The third-order valence-electron chi connectivity index (χ3n) is 6.59. The van der Waals surface area contributed by atoms with Gasteiger partial charge in [-0.15, -0.1) is 0 Å². The minimum atomic E-state index is -1.65. The van der Waals surface area contributed by atoms with E-state index in [0.29, 0.717) is 59.8 Å². The van der Waals surface area contributed by atoms with Gasteiger partial charge in [0.05, 0.1) is 28.5 Å². The number of imidazole rings is 1. The molecular formula is C23H22F2N6O. The normalized spacial score (nSPS) is 19.1. The zero-order valence-corrected chi connectivity index (χ0v) is 17.6. The lowest BCUT2D eigenvalue weighted by Gasteiger charge is -2.35. The molecule has 0 spiro atoms. The smallest absolute Gasteiger partial charge is 0.258 e. The maximum atomic E-state index is 15.7. The minimum absolute atomic E-state index is 0.0707. The van der Waals surface area contributed by atoms with Gasteiger partial charge in [-0.25, -0.2) is 18.7 Å². The molecule has 164 valence electrons. The zero-order valence-electron chi connectivity index (χ0n) is 17.6. The number of likely N-dealkylation sites (tertiary alicyclic amines) is 1. The third kappa shape index (κ3) is 3.19. The number of hydrogen-bond acceptors (Lipinski definition) is 5. The Balaban J connectivity index is 1.36. The summed E-state index contributed by atoms with van der Waals surface area (Å²) < 4.78 is 31.8. The van der Waals surface area contributed by atoms with Crippen LogP contribution in [0, 0.1) is 12.7 Å². The quantitative estimate of drug-likeness (QED) is 0.532. The number of pyridine rings is 2. The largest absolute Gasteiger partial charge is 0.307 e. The summed E-state index contributed by atoms with van der Waals surface area (Å²) in [4.78, 5) is 30.8. The Hall–Kier alpha value is -3.20. The van der Waals surface area contributed by atoms with Crippen molar-refractivity contribution >= 4 is 16.6 Å². The van der Waals surface area contributed by atoms with Crippen LogP contribution in [0.3, 0.4) is 0 Å². The predicted molar refractivity (Wildman–Crippen MR) is 116 cm³/mol. The first-order valence-electron chi connectivity index (χ1n) is 10.9. The molecule has 0 amide bonds. The molecule has 0 aromatic carbocycles. The Morgan fingerprint density at radius 1 is 1.16 bits per heavy atom. The van der Waals surface area contributed by atoms with E-state index in [1.165, 1.54) is 25.1 Å². The number of nitrogens with zero attached hydrogens (tertiary/aromatic N) is 5. The molecule has 1 saturated carbocycles. The number of hydrogen-bond donors (Lipinski definition) is 1. The Labute approximate surface area is 182 Å². The van der Waals surface area contributed by atoms with Gasteiger partial charge in [0.1, 0.15) is 5.82 Å². The van der Waals surface area contributed by atoms with Crippen molar-refractivity contribution in [2.45, 2.75) is 44.3 Å². The fraction of sp³-hybridized carbons (Fsp3) is 0.391. The average Bonchev–Trinajstić information content (AvgIpc) is 3.55. The lowest BCUT2D eigenvalue weighted by Crippen LogP contribution is -2.42. The number of H-pyrrole nitrogens is 1. The summed E-state index contributed by atoms with van der Waals surface area (Å²) >= 11 is 0. The Morgan fingerprint density at radius 2 is 1.94 bits per heavy atom. The SMILES string of the molecule is Cc1cn2cc(-c3cc4c(=O)[nH]c(C5(F)CCN(C6CC6)CC5)nc4cn3)cc(F)c2n1. The lowest BCUT2D eigenvalue weighted by atomic mass is 9.92. The second kappa shape index (κ2) is 6.90. The van der Waals surface area contributed by atoms with Gasteiger partial charge in [-0.2, -0.15) is 0 Å². The van der Waals surface area contributed by atoms with Gasteiger partial charge < -0.3 is 14.3 Å². The standard InChI is InChI=1S/C23H22F2N6O/c1-13-11-31-12-14(8-17(24)20(31)27-13)18-9-16-19(10-26-18)28-22(29-21(16)32)23(25)4-6-30(7-5-23)15-2-3-15/h8-12,15H,2-7H2,1H3,(H,28,29,32). The Bertz CT molecular complexity index is 1420. The van der Waals surface area contributed by atoms with Crippen LogP contribution in [0.1, 0.15) is 37.2 Å². The van der Waals surface area contributed by atoms with Crippen molar-refractivity contribution in [1.82, 2.24) is 29.2 Å². The molecular weight excluding hydrogens is 414 g/mol. The maximum absolute atomic E-state index is 15.7. The van der Waals surface area contributed by atoms with E-state index < -0.39 is 17.0 Å². The number of fused-ring (bicyclic) bond motifs is 2. The van der Waals surface area contributed by atoms with Crippen LogP contribution in [-0.4, -0.2) is 48.4 Å². The highest BCUT2D eigenvalue weighted by Gasteiger charge is 2.42. The first-order chi connectivity index (χ1) is 15.4. The van der Waals surface area contributed by atoms with Gasteiger partial charge in [0.15, 0.2) is 17.1 Å². The van der Waals surface area contributed by atoms with E-state index in [4.69, 9.17) is 0 Å². The summed E-state index contributed by atoms with van der Waals surface area (Å²) in [5.74, 6) is -0.404. The average molecular weight is 436 g/mol. The number of aryl methyl sites for hydroxylation is 1. The van der Waals surface area contributed by atoms with Gasteiger partial charge in [0.25, 0.3) is 5.56 Å². The molecule has 1 saturated heterocycles. The van der Waals surface area contributed by atoms with Gasteiger partial charge in [-0.3, -0.25) is 9.78 Å². The summed E-state index contributed by atoms with van der Waals surface area (Å²) in [5, 5.41) is 0.292. The van der Waals surface area contributed by atoms with Crippen molar-refractivity contribution in [3.05, 3.63) is 58.4 Å². The predicted octanol–water partition coefficient (Wildman–Crippen LogP) is 3.50. The van der Waals surface area contributed by atoms with Crippen LogP contribution in [0.15, 0.2) is 35.5 Å². The van der Waals surface area contributed by atoms with Crippen molar-refractivity contribution in [3.8, 4) is 11.3 Å². The number of nitrogens with one attached hydrogen (secondary N) is 1. The second-order valence-electron chi connectivity index (χ2n) is 8.92. The van der Waals surface area contributed by atoms with E-state index in [0.717, 1.165) is 0 Å². The van der Waals surface area contributed by atoms with Crippen LogP contribution in [-0.2, 0) is 5.67 Å². The summed E-state index contributed by atoms with van der Waals surface area (Å²) in [6.45, 7) is 3.13. The number of aromatic amines is 1. The molecule has 1 aliphatic carbocycles. The van der Waals surface area contributed by atoms with Gasteiger partial charge >= 0.3 is 0 Å². The van der Waals surface area contributed by atoms with Crippen molar-refractivity contribution in [1.29, 1.82) is 0 Å². The Morgan fingerprint density at radius 3 is 2.69 bits per heavy atom. The minimum Gasteiger partial charge on any atom is -0.307 e. The van der Waals surface area contributed by atoms with Crippen LogP contribution in [0.4, 0.5) is 8.78 Å². The van der Waals surface area contributed by atoms with Crippen molar-refractivity contribution in [3.63, 3.8) is 0 Å². The van der Waals surface area contributed by atoms with E-state index in [1.807, 2.05) is 0 Å². The number of alkyl halides is 1. The molecule has 2 fully saturated rings. The molecule has 6 rings (SSSR count). The lowest BCUT2D eigenvalue weighted by molar-refractivity contribution is 0.0451. The number of rotatable bonds is 3. The Kier molecular flexibility index (Phi) is 4.20. The number of halogens is 2. The van der Waals surface area contributed by atoms with Crippen LogP contribution in [0.2, 0.25) is 0 Å². The second-order valence-corrected chi connectivity index (χ2v) is 8.92. The monoisotopic (exact) mass is 436 g/mol. The number of piperidine rings is 1. The molecule has 5 heterocycles. The van der Waals surface area contributed by atoms with E-state index in [9.17, 15) is 9.18 Å². The molecule has 7 nitrogen and oxygen atoms in total. The summed E-state index contributed by atoms with van der Waals surface area (Å²) in [5.41, 5.74) is 0.125. The fourth-order valence-corrected chi connectivity index (χ4v) is 4.65. The maximum Gasteiger partial charge on any atom is 0.258 e. The molecule has 0 atom stereocenters. The van der Waals surface area contributed by atoms with Crippen molar-refractivity contribution < 1.29 is 8.78 Å². The molecule has 4 aromatic heterocycles. The van der Waals surface area contributed by atoms with E-state index in [-0.39, 0.29) is 11.5 Å². The van der Waals surface area contributed by atoms with Crippen LogP contribution in [0.5, 0.6) is 0 Å². The summed E-state index contributed by atoms with van der Waals surface area (Å²) in [6.07, 6.45) is 7.89. The summed E-state index contributed by atoms with van der Waals surface area (Å²) in [7, 11) is 0. The topological polar surface area (TPSA) is 79.2 Å². The first-order valence-corrected chi connectivity index (χ1v) is 10.9. The molecule has 32 heavy (non-hydrogen) atoms. The van der Waals surface area contributed by atoms with Crippen LogP contribution < -0.4 is 5.56 Å². The highest BCUT2D eigenvalue weighted by Crippen LogP contribution is 2.38. The molecule has 0 unspecified atom stereocenters. The zero-order chi connectivity index (χ0) is 22.0. The highest BCUT2D eigenvalue weighted by molar-refractivity contribution is 5.81. The number of aromatic nitrogens is 5. The molecule has 9 heteroatoms. The van der Waals surface area contributed by atoms with Crippen molar-refractivity contribution in [2.24, 2.45) is 0 Å². The fourth-order valence-electron chi connectivity index (χ4n) is 4.65. The van der Waals surface area contributed by atoms with Gasteiger partial charge in [0.2, 0.25) is 0 Å². The van der Waals surface area contributed by atoms with Crippen LogP contribution >= 0.6 is 0 Å². The van der Waals surface area contributed by atoms with Crippen molar-refractivity contribution in [2.75, 3.05) is 13.1 Å². The van der Waals surface area contributed by atoms with Gasteiger partial charge in [-0.05, 0) is 31.9 Å². The van der Waals surface area contributed by atoms with Gasteiger partial charge in [0, 0.05) is 49.9 Å². The van der Waals surface area contributed by atoms with Crippen LogP contribution in [0.25, 0.3) is 27.8 Å². The molecule has 0 bridgehead atoms. The van der Waals surface area contributed by atoms with Gasteiger partial charge in [-0.1, -0.05) is 0 Å². The molecule has 2 aliphatic rings. The molecule has 1 aliphatic heterocycles. The molecule has 1 N–H and O–H groups in total. The molecule has 0 radical (unpaired) electrons.